The van der Waals surface area contributed by atoms with Crippen LogP contribution >= 0.6 is 15.9 Å². The van der Waals surface area contributed by atoms with Crippen LogP contribution in [0.4, 0.5) is 5.82 Å². The first-order chi connectivity index (χ1) is 8.36. The number of aromatic nitrogens is 1. The maximum atomic E-state index is 4.59. The maximum Gasteiger partial charge on any atom is 0.137 e. The van der Waals surface area contributed by atoms with Gasteiger partial charge in [-0.1, -0.05) is 28.1 Å². The zero-order valence-electron chi connectivity index (χ0n) is 9.69. The fourth-order valence-corrected chi connectivity index (χ4v) is 3.07. The molecular weight excluding hydrogens is 276 g/mol. The van der Waals surface area contributed by atoms with Crippen molar-refractivity contribution in [2.45, 2.75) is 19.3 Å². The number of fused-ring (bicyclic) bond motifs is 1. The Hall–Kier alpha value is -1.09. The third kappa shape index (κ3) is 2.04. The molecule has 88 valence electrons. The molecule has 0 N–H and O–H groups in total. The van der Waals surface area contributed by atoms with Crippen LogP contribution in [0.2, 0.25) is 0 Å². The lowest BCUT2D eigenvalue weighted by molar-refractivity contribution is 0.575. The Bertz CT molecular complexity index is 527. The molecule has 2 heterocycles. The van der Waals surface area contributed by atoms with Crippen molar-refractivity contribution in [2.24, 2.45) is 0 Å². The average Bonchev–Trinajstić information content (AvgIpc) is 2.39. The molecule has 1 aromatic heterocycles. The minimum Gasteiger partial charge on any atom is -0.356 e. The van der Waals surface area contributed by atoms with Crippen LogP contribution < -0.4 is 4.90 Å². The fourth-order valence-electron chi connectivity index (χ4n) is 2.51. The monoisotopic (exact) mass is 290 g/mol. The van der Waals surface area contributed by atoms with Gasteiger partial charge in [0.1, 0.15) is 5.82 Å². The summed E-state index contributed by atoms with van der Waals surface area (Å²) in [5.41, 5.74) is 0. The molecule has 2 aromatic rings. The molecule has 0 amide bonds. The van der Waals surface area contributed by atoms with Crippen molar-refractivity contribution in [3.05, 3.63) is 34.9 Å². The maximum absolute atomic E-state index is 4.59. The van der Waals surface area contributed by atoms with E-state index in [-0.39, 0.29) is 0 Å². The summed E-state index contributed by atoms with van der Waals surface area (Å²) in [6.45, 7) is 2.26. The highest BCUT2D eigenvalue weighted by molar-refractivity contribution is 9.10. The van der Waals surface area contributed by atoms with Gasteiger partial charge in [-0.15, -0.1) is 0 Å². The van der Waals surface area contributed by atoms with Crippen molar-refractivity contribution < 1.29 is 0 Å². The van der Waals surface area contributed by atoms with Gasteiger partial charge >= 0.3 is 0 Å². The molecule has 0 spiro atoms. The van der Waals surface area contributed by atoms with Gasteiger partial charge in [0, 0.05) is 29.1 Å². The molecule has 1 aromatic carbocycles. The first-order valence-corrected chi connectivity index (χ1v) is 6.94. The Kier molecular flexibility index (Phi) is 3.02. The lowest BCUT2D eigenvalue weighted by Crippen LogP contribution is -2.30. The number of nitrogens with zero attached hydrogens (tertiary/aromatic N) is 2. The van der Waals surface area contributed by atoms with Crippen LogP contribution in [0.5, 0.6) is 0 Å². The van der Waals surface area contributed by atoms with Crippen LogP contribution in [-0.4, -0.2) is 18.1 Å². The Labute approximate surface area is 110 Å². The molecule has 0 atom stereocenters. The van der Waals surface area contributed by atoms with Crippen LogP contribution in [0.25, 0.3) is 10.8 Å². The molecule has 3 rings (SSSR count). The molecule has 17 heavy (non-hydrogen) atoms. The molecule has 0 aliphatic carbocycles. The van der Waals surface area contributed by atoms with Crippen molar-refractivity contribution in [3.8, 4) is 0 Å². The zero-order chi connectivity index (χ0) is 11.7. The van der Waals surface area contributed by atoms with E-state index in [1.165, 1.54) is 30.0 Å². The van der Waals surface area contributed by atoms with Gasteiger partial charge < -0.3 is 4.90 Å². The van der Waals surface area contributed by atoms with Crippen molar-refractivity contribution in [1.82, 2.24) is 4.98 Å². The molecule has 3 heteroatoms. The van der Waals surface area contributed by atoms with Gasteiger partial charge in [-0.2, -0.15) is 0 Å². The van der Waals surface area contributed by atoms with E-state index in [4.69, 9.17) is 0 Å². The van der Waals surface area contributed by atoms with Gasteiger partial charge in [0.15, 0.2) is 0 Å². The smallest absolute Gasteiger partial charge is 0.137 e. The molecule has 0 saturated carbocycles. The van der Waals surface area contributed by atoms with E-state index >= 15 is 0 Å². The Morgan fingerprint density at radius 2 is 1.88 bits per heavy atom. The van der Waals surface area contributed by atoms with Crippen molar-refractivity contribution in [2.75, 3.05) is 18.0 Å². The number of benzene rings is 1. The predicted octanol–water partition coefficient (Wildman–Crippen LogP) is 3.99. The second kappa shape index (κ2) is 4.65. The predicted molar refractivity (Wildman–Crippen MR) is 75.5 cm³/mol. The molecule has 0 unspecified atom stereocenters. The van der Waals surface area contributed by atoms with Crippen LogP contribution in [-0.2, 0) is 0 Å². The lowest BCUT2D eigenvalue weighted by Gasteiger charge is -2.28. The van der Waals surface area contributed by atoms with Crippen LogP contribution in [0.1, 0.15) is 19.3 Å². The standard InChI is InChI=1S/C14H15BrN2/c15-12-6-4-5-11-7-8-16-14(13(11)12)17-9-2-1-3-10-17/h4-8H,1-3,9-10H2. The molecule has 0 radical (unpaired) electrons. The van der Waals surface area contributed by atoms with E-state index in [0.717, 1.165) is 23.4 Å². The van der Waals surface area contributed by atoms with Crippen LogP contribution in [0.3, 0.4) is 0 Å². The highest BCUT2D eigenvalue weighted by Crippen LogP contribution is 2.32. The summed E-state index contributed by atoms with van der Waals surface area (Å²) in [5, 5.41) is 2.51. The third-order valence-electron chi connectivity index (χ3n) is 3.38. The van der Waals surface area contributed by atoms with E-state index < -0.39 is 0 Å². The Balaban J connectivity index is 2.14. The minimum absolute atomic E-state index is 1.13. The van der Waals surface area contributed by atoms with Gasteiger partial charge in [-0.25, -0.2) is 4.98 Å². The summed E-state index contributed by atoms with van der Waals surface area (Å²) in [4.78, 5) is 7.00. The molecule has 1 aliphatic rings. The number of piperidine rings is 1. The number of rotatable bonds is 1. The van der Waals surface area contributed by atoms with Gasteiger partial charge in [-0.3, -0.25) is 0 Å². The van der Waals surface area contributed by atoms with E-state index in [1.807, 2.05) is 6.20 Å². The SMILES string of the molecule is Brc1cccc2ccnc(N3CCCCC3)c12. The quantitative estimate of drug-likeness (QED) is 0.790. The average molecular weight is 291 g/mol. The minimum atomic E-state index is 1.13. The number of pyridine rings is 1. The zero-order valence-corrected chi connectivity index (χ0v) is 11.3. The number of halogens is 1. The summed E-state index contributed by atoms with van der Waals surface area (Å²) < 4.78 is 1.14. The van der Waals surface area contributed by atoms with Gasteiger partial charge in [0.05, 0.1) is 0 Å². The number of anilines is 1. The van der Waals surface area contributed by atoms with Gasteiger partial charge in [0.2, 0.25) is 0 Å². The van der Waals surface area contributed by atoms with Crippen molar-refractivity contribution in [3.63, 3.8) is 0 Å². The van der Waals surface area contributed by atoms with E-state index in [1.54, 1.807) is 0 Å². The van der Waals surface area contributed by atoms with Crippen molar-refractivity contribution in [1.29, 1.82) is 0 Å². The highest BCUT2D eigenvalue weighted by atomic mass is 79.9. The molecule has 0 bridgehead atoms. The summed E-state index contributed by atoms with van der Waals surface area (Å²) in [7, 11) is 0. The first-order valence-electron chi connectivity index (χ1n) is 6.14. The van der Waals surface area contributed by atoms with Gasteiger partial charge in [-0.05, 0) is 36.8 Å². The molecule has 1 fully saturated rings. The van der Waals surface area contributed by atoms with E-state index in [2.05, 4.69) is 50.1 Å². The first kappa shape index (κ1) is 11.0. The second-order valence-electron chi connectivity index (χ2n) is 4.52. The second-order valence-corrected chi connectivity index (χ2v) is 5.37. The third-order valence-corrected chi connectivity index (χ3v) is 4.04. The van der Waals surface area contributed by atoms with Crippen molar-refractivity contribution >= 4 is 32.5 Å². The molecule has 1 saturated heterocycles. The highest BCUT2D eigenvalue weighted by Gasteiger charge is 2.15. The van der Waals surface area contributed by atoms with E-state index in [0.29, 0.717) is 0 Å². The Morgan fingerprint density at radius 3 is 2.71 bits per heavy atom. The number of hydrogen-bond donors (Lipinski definition) is 0. The van der Waals surface area contributed by atoms with Crippen LogP contribution in [0, 0.1) is 0 Å². The molecule has 1 aliphatic heterocycles. The molecular formula is C14H15BrN2. The van der Waals surface area contributed by atoms with Crippen LogP contribution in [0.15, 0.2) is 34.9 Å². The summed E-state index contributed by atoms with van der Waals surface area (Å²) in [6.07, 6.45) is 5.83. The van der Waals surface area contributed by atoms with E-state index in [9.17, 15) is 0 Å². The summed E-state index contributed by atoms with van der Waals surface area (Å²) in [6, 6.07) is 8.40. The lowest BCUT2D eigenvalue weighted by atomic mass is 10.1. The van der Waals surface area contributed by atoms with Gasteiger partial charge in [0.25, 0.3) is 0 Å². The summed E-state index contributed by atoms with van der Waals surface area (Å²) >= 11 is 3.65. The summed E-state index contributed by atoms with van der Waals surface area (Å²) in [5.74, 6) is 1.13. The fraction of sp³-hybridized carbons (Fsp3) is 0.357. The molecule has 2 nitrogen and oxygen atoms in total. The number of hydrogen-bond acceptors (Lipinski definition) is 2. The Morgan fingerprint density at radius 1 is 1.06 bits per heavy atom. The normalized spacial score (nSPS) is 16.4. The largest absolute Gasteiger partial charge is 0.356 e. The topological polar surface area (TPSA) is 16.1 Å².